The van der Waals surface area contributed by atoms with Gasteiger partial charge in [0.15, 0.2) is 0 Å². The molecule has 1 nitrogen and oxygen atoms in total. The van der Waals surface area contributed by atoms with Gasteiger partial charge in [-0.25, -0.2) is 0 Å². The Morgan fingerprint density at radius 1 is 1.27 bits per heavy atom. The molecule has 2 rings (SSSR count). The van der Waals surface area contributed by atoms with Gasteiger partial charge in [-0.05, 0) is 0 Å². The molecule has 0 aliphatic rings. The first-order valence-corrected chi connectivity index (χ1v) is 5.01. The van der Waals surface area contributed by atoms with E-state index in [1.54, 1.807) is 0 Å². The zero-order valence-corrected chi connectivity index (χ0v) is 8.60. The summed E-state index contributed by atoms with van der Waals surface area (Å²) in [6, 6.07) is 8.13. The van der Waals surface area contributed by atoms with Crippen molar-refractivity contribution >= 4 is 36.9 Å². The Hall–Kier alpha value is 0.227. The number of benzene rings is 1. The van der Waals surface area contributed by atoms with Crippen molar-refractivity contribution in [3.05, 3.63) is 24.3 Å². The van der Waals surface area contributed by atoms with Gasteiger partial charge < -0.3 is 0 Å². The number of aromatic nitrogens is 1. The Bertz CT molecular complexity index is 327. The first-order valence-electron chi connectivity index (χ1n) is 2.89. The quantitative estimate of drug-likeness (QED) is 0.384. The van der Waals surface area contributed by atoms with Gasteiger partial charge in [0.05, 0.1) is 0 Å². The van der Waals surface area contributed by atoms with Gasteiger partial charge in [-0.15, -0.1) is 0 Å². The Morgan fingerprint density at radius 2 is 2.00 bits per heavy atom. The van der Waals surface area contributed by atoms with E-state index in [9.17, 15) is 0 Å². The topological polar surface area (TPSA) is 12.9 Å². The molecule has 0 saturated carbocycles. The van der Waals surface area contributed by atoms with Crippen LogP contribution in [0, 0.1) is 0 Å². The van der Waals surface area contributed by atoms with Crippen LogP contribution in [0.1, 0.15) is 0 Å². The van der Waals surface area contributed by atoms with Crippen LogP contribution < -0.4 is 18.9 Å². The van der Waals surface area contributed by atoms with Crippen molar-refractivity contribution < 1.29 is 18.9 Å². The third-order valence-electron chi connectivity index (χ3n) is 1.27. The number of hydrogen-bond acceptors (Lipinski definition) is 2. The second kappa shape index (κ2) is 3.76. The van der Waals surface area contributed by atoms with Crippen LogP contribution in [0.3, 0.4) is 0 Å². The Kier molecular flexibility index (Phi) is 3.18. The summed E-state index contributed by atoms with van der Waals surface area (Å²) in [6.07, 6.45) is 0. The number of para-hydroxylation sites is 1. The van der Waals surface area contributed by atoms with Crippen molar-refractivity contribution in [1.82, 2.24) is 4.98 Å². The zero-order valence-electron chi connectivity index (χ0n) is 6.07. The molecule has 0 radical (unpaired) electrons. The van der Waals surface area contributed by atoms with Gasteiger partial charge in [0.1, 0.15) is 0 Å². The van der Waals surface area contributed by atoms with E-state index >= 15 is 0 Å². The molecule has 1 aromatic carbocycles. The molecule has 0 spiro atoms. The fraction of sp³-hybridized carbons (Fsp3) is 0. The van der Waals surface area contributed by atoms with Gasteiger partial charge in [0, 0.05) is 0 Å². The molecular weight excluding hydrogens is 216 g/mol. The minimum atomic E-state index is 0. The summed E-state index contributed by atoms with van der Waals surface area (Å²) in [6.45, 7) is 0. The first kappa shape index (κ1) is 9.32. The molecule has 1 heterocycles. The van der Waals surface area contributed by atoms with Crippen LogP contribution in [0.5, 0.6) is 0 Å². The average molecular weight is 220 g/mol. The van der Waals surface area contributed by atoms with E-state index in [0.717, 1.165) is 9.42 Å². The molecule has 50 valence electrons. The normalized spacial score (nSPS) is 9.45. The van der Waals surface area contributed by atoms with E-state index in [-0.39, 0.29) is 18.9 Å². The van der Waals surface area contributed by atoms with Crippen molar-refractivity contribution in [2.45, 2.75) is 3.90 Å². The molecular formula is C7H4LiNSSe. The number of fused-ring (bicyclic) bond motifs is 1. The molecule has 0 atom stereocenters. The molecule has 0 N–H and O–H groups in total. The zero-order chi connectivity index (χ0) is 6.97. The second-order valence-electron chi connectivity index (χ2n) is 1.95. The van der Waals surface area contributed by atoms with Gasteiger partial charge in [0.2, 0.25) is 0 Å². The van der Waals surface area contributed by atoms with Crippen LogP contribution in [0.15, 0.2) is 28.2 Å². The monoisotopic (exact) mass is 221 g/mol. The maximum atomic E-state index is 4.99. The van der Waals surface area contributed by atoms with E-state index in [0.29, 0.717) is 14.5 Å². The minimum absolute atomic E-state index is 0. The van der Waals surface area contributed by atoms with Crippen molar-refractivity contribution in [3.8, 4) is 0 Å². The Balaban J connectivity index is 0.000000605. The van der Waals surface area contributed by atoms with Gasteiger partial charge in [-0.3, -0.25) is 0 Å². The van der Waals surface area contributed by atoms with Crippen LogP contribution in [0.4, 0.5) is 0 Å². The Labute approximate surface area is 88.5 Å². The molecule has 0 aliphatic heterocycles. The second-order valence-corrected chi connectivity index (χ2v) is 5.08. The summed E-state index contributed by atoms with van der Waals surface area (Å²) in [4.78, 5) is 4.21. The van der Waals surface area contributed by atoms with Crippen LogP contribution in [-0.2, 0) is 12.6 Å². The van der Waals surface area contributed by atoms with E-state index in [1.807, 2.05) is 18.2 Å². The third-order valence-corrected chi connectivity index (χ3v) is 3.54. The SMILES string of the molecule is [Li+].[S-]c1nc2ccccc2[se]1. The predicted molar refractivity (Wildman–Crippen MR) is 44.3 cm³/mol. The van der Waals surface area contributed by atoms with Crippen molar-refractivity contribution in [3.63, 3.8) is 0 Å². The van der Waals surface area contributed by atoms with Gasteiger partial charge >= 0.3 is 88.9 Å². The molecule has 0 amide bonds. The van der Waals surface area contributed by atoms with E-state index in [2.05, 4.69) is 11.1 Å². The molecule has 0 bridgehead atoms. The number of rotatable bonds is 0. The molecule has 0 unspecified atom stereocenters. The van der Waals surface area contributed by atoms with E-state index < -0.39 is 0 Å². The van der Waals surface area contributed by atoms with E-state index in [4.69, 9.17) is 12.6 Å². The summed E-state index contributed by atoms with van der Waals surface area (Å²) in [5.41, 5.74) is 1.08. The standard InChI is InChI=1S/C7H5NSSe.Li/c9-7-8-5-3-1-2-4-6(5)10-7;/h1-4H,(H,8,9);/q;+1/p-1. The summed E-state index contributed by atoms with van der Waals surface area (Å²) in [5.74, 6) is 0. The van der Waals surface area contributed by atoms with Crippen LogP contribution >= 0.6 is 0 Å². The summed E-state index contributed by atoms with van der Waals surface area (Å²) in [5, 5.41) is 0. The third kappa shape index (κ3) is 1.87. The molecule has 0 saturated heterocycles. The molecule has 0 aliphatic carbocycles. The van der Waals surface area contributed by atoms with Crippen molar-refractivity contribution in [2.75, 3.05) is 0 Å². The molecule has 0 fully saturated rings. The predicted octanol–water partition coefficient (Wildman–Crippen LogP) is -1.80. The van der Waals surface area contributed by atoms with Crippen LogP contribution in [0.2, 0.25) is 0 Å². The van der Waals surface area contributed by atoms with Crippen molar-refractivity contribution in [1.29, 1.82) is 0 Å². The maximum absolute atomic E-state index is 4.99. The summed E-state index contributed by atoms with van der Waals surface area (Å²) in [7, 11) is 0. The fourth-order valence-corrected chi connectivity index (χ4v) is 2.88. The first-order chi connectivity index (χ1) is 4.86. The Morgan fingerprint density at radius 3 is 2.73 bits per heavy atom. The van der Waals surface area contributed by atoms with Gasteiger partial charge in [0.25, 0.3) is 0 Å². The number of hydrogen-bond donors (Lipinski definition) is 0. The molecule has 2 aromatic rings. The van der Waals surface area contributed by atoms with Gasteiger partial charge in [-0.1, -0.05) is 0 Å². The van der Waals surface area contributed by atoms with Crippen LogP contribution in [0.25, 0.3) is 9.78 Å². The summed E-state index contributed by atoms with van der Waals surface area (Å²) >= 11 is 5.31. The molecule has 1 aromatic heterocycles. The molecule has 4 heteroatoms. The fourth-order valence-electron chi connectivity index (χ4n) is 0.851. The molecule has 11 heavy (non-hydrogen) atoms. The van der Waals surface area contributed by atoms with Crippen molar-refractivity contribution in [2.24, 2.45) is 0 Å². The average Bonchev–Trinajstić information content (AvgIpc) is 2.27. The van der Waals surface area contributed by atoms with Gasteiger partial charge in [-0.2, -0.15) is 0 Å². The number of nitrogens with zero attached hydrogens (tertiary/aromatic N) is 1. The summed E-state index contributed by atoms with van der Waals surface area (Å²) < 4.78 is 2.19. The van der Waals surface area contributed by atoms with E-state index in [1.165, 1.54) is 4.26 Å². The van der Waals surface area contributed by atoms with Crippen LogP contribution in [-0.4, -0.2) is 19.5 Å².